The minimum absolute atomic E-state index is 0.0251. The van der Waals surface area contributed by atoms with E-state index in [0.29, 0.717) is 42.1 Å². The van der Waals surface area contributed by atoms with Crippen LogP contribution in [0.4, 0.5) is 0 Å². The lowest BCUT2D eigenvalue weighted by molar-refractivity contribution is 0.0300. The lowest BCUT2D eigenvalue weighted by Gasteiger charge is -2.37. The van der Waals surface area contributed by atoms with Gasteiger partial charge in [-0.3, -0.25) is 14.6 Å². The third-order valence-electron chi connectivity index (χ3n) is 4.82. The summed E-state index contributed by atoms with van der Waals surface area (Å²) in [6, 6.07) is 7.43. The van der Waals surface area contributed by atoms with Gasteiger partial charge < -0.3 is 9.64 Å². The number of aromatic nitrogens is 1. The number of carbonyl (C=O) groups excluding carboxylic acids is 2. The van der Waals surface area contributed by atoms with Gasteiger partial charge in [-0.25, -0.2) is 0 Å². The third kappa shape index (κ3) is 2.71. The number of Topliss-reactive ketones (excluding diaryl/α,β-unsaturated/α-hetero) is 1. The van der Waals surface area contributed by atoms with Crippen LogP contribution in [0.15, 0.2) is 36.0 Å². The van der Waals surface area contributed by atoms with E-state index in [0.717, 1.165) is 12.8 Å². The van der Waals surface area contributed by atoms with Crippen molar-refractivity contribution in [2.75, 3.05) is 13.1 Å². The molecule has 0 radical (unpaired) electrons. The fraction of sp³-hybridized carbons (Fsp3) is 0.389. The van der Waals surface area contributed by atoms with Crippen molar-refractivity contribution in [3.05, 3.63) is 46.4 Å². The van der Waals surface area contributed by atoms with E-state index in [4.69, 9.17) is 4.74 Å². The van der Waals surface area contributed by atoms with Crippen LogP contribution in [-0.2, 0) is 0 Å². The summed E-state index contributed by atoms with van der Waals surface area (Å²) in [5, 5.41) is 0. The number of benzene rings is 1. The number of hydrogen-bond acceptors (Lipinski definition) is 5. The zero-order valence-corrected chi connectivity index (χ0v) is 14.1. The van der Waals surface area contributed by atoms with Crippen LogP contribution in [0.2, 0.25) is 0 Å². The van der Waals surface area contributed by atoms with E-state index in [-0.39, 0.29) is 11.7 Å². The zero-order chi connectivity index (χ0) is 16.6. The first-order valence-corrected chi connectivity index (χ1v) is 9.04. The van der Waals surface area contributed by atoms with E-state index < -0.39 is 5.60 Å². The van der Waals surface area contributed by atoms with Gasteiger partial charge in [0.05, 0.1) is 23.7 Å². The summed E-state index contributed by atoms with van der Waals surface area (Å²) in [6.45, 7) is 1.30. The summed E-state index contributed by atoms with van der Waals surface area (Å²) in [6.07, 6.45) is 4.31. The Balaban J connectivity index is 1.53. The van der Waals surface area contributed by atoms with Crippen LogP contribution in [0.1, 0.15) is 45.7 Å². The first kappa shape index (κ1) is 15.3. The highest BCUT2D eigenvalue weighted by atomic mass is 32.1. The molecular formula is C18H18N2O3S. The topological polar surface area (TPSA) is 59.5 Å². The highest BCUT2D eigenvalue weighted by molar-refractivity contribution is 7.11. The number of fused-ring (bicyclic) bond motifs is 1. The molecule has 2 aliphatic heterocycles. The Morgan fingerprint density at radius 3 is 2.96 bits per heavy atom. The quantitative estimate of drug-likeness (QED) is 0.799. The minimum atomic E-state index is -0.478. The molecule has 2 aromatic rings. The van der Waals surface area contributed by atoms with Crippen molar-refractivity contribution in [3.63, 3.8) is 0 Å². The third-order valence-corrected chi connectivity index (χ3v) is 5.59. The summed E-state index contributed by atoms with van der Waals surface area (Å²) in [5.74, 6) is 0.840. The number of ketones is 1. The highest BCUT2D eigenvalue weighted by Crippen LogP contribution is 2.39. The molecule has 1 unspecified atom stereocenters. The number of amides is 1. The maximum Gasteiger partial charge on any atom is 0.265 e. The molecule has 2 aliphatic rings. The molecule has 3 heterocycles. The van der Waals surface area contributed by atoms with Crippen molar-refractivity contribution in [3.8, 4) is 5.75 Å². The summed E-state index contributed by atoms with van der Waals surface area (Å²) in [5.41, 5.74) is 1.87. The lowest BCUT2D eigenvalue weighted by atomic mass is 9.84. The van der Waals surface area contributed by atoms with Gasteiger partial charge in [0.25, 0.3) is 5.91 Å². The molecule has 4 rings (SSSR count). The molecule has 0 aliphatic carbocycles. The monoisotopic (exact) mass is 342 g/mol. The number of para-hydroxylation sites is 1. The second kappa shape index (κ2) is 6.02. The van der Waals surface area contributed by atoms with E-state index in [1.165, 1.54) is 11.3 Å². The smallest absolute Gasteiger partial charge is 0.265 e. The number of thiazole rings is 1. The van der Waals surface area contributed by atoms with Gasteiger partial charge in [0, 0.05) is 19.5 Å². The van der Waals surface area contributed by atoms with Gasteiger partial charge in [0.15, 0.2) is 5.78 Å². The SMILES string of the molecule is O=C1CC2(CCCN(C(=O)c3cncs3)CC2)Oc2ccccc21. The van der Waals surface area contributed by atoms with Gasteiger partial charge in [0.1, 0.15) is 16.2 Å². The first-order chi connectivity index (χ1) is 11.7. The average Bonchev–Trinajstić information content (AvgIpc) is 3.05. The van der Waals surface area contributed by atoms with Crippen molar-refractivity contribution in [1.82, 2.24) is 9.88 Å². The van der Waals surface area contributed by atoms with Crippen molar-refractivity contribution in [2.24, 2.45) is 0 Å². The van der Waals surface area contributed by atoms with E-state index in [1.54, 1.807) is 11.7 Å². The molecule has 1 atom stereocenters. The Hall–Kier alpha value is -2.21. The molecular weight excluding hydrogens is 324 g/mol. The van der Waals surface area contributed by atoms with Crippen LogP contribution in [0.5, 0.6) is 5.75 Å². The molecule has 1 aromatic carbocycles. The molecule has 1 saturated heterocycles. The summed E-state index contributed by atoms with van der Waals surface area (Å²) >= 11 is 1.36. The van der Waals surface area contributed by atoms with E-state index in [1.807, 2.05) is 29.2 Å². The zero-order valence-electron chi connectivity index (χ0n) is 13.2. The molecule has 6 heteroatoms. The van der Waals surface area contributed by atoms with Crippen LogP contribution in [-0.4, -0.2) is 40.3 Å². The molecule has 1 aromatic heterocycles. The molecule has 0 saturated carbocycles. The van der Waals surface area contributed by atoms with Crippen LogP contribution in [0.3, 0.4) is 0 Å². The summed E-state index contributed by atoms with van der Waals surface area (Å²) in [7, 11) is 0. The molecule has 1 amide bonds. The number of ether oxygens (including phenoxy) is 1. The largest absolute Gasteiger partial charge is 0.486 e. The number of likely N-dealkylation sites (tertiary alicyclic amines) is 1. The molecule has 5 nitrogen and oxygen atoms in total. The van der Waals surface area contributed by atoms with Gasteiger partial charge in [-0.1, -0.05) is 12.1 Å². The second-order valence-corrected chi connectivity index (χ2v) is 7.28. The standard InChI is InChI=1S/C18H18N2O3S/c21-14-10-18(23-15-5-2-1-4-13(14)15)6-3-8-20(9-7-18)17(22)16-11-19-12-24-16/h1-2,4-5,11-12H,3,6-10H2. The Morgan fingerprint density at radius 2 is 2.12 bits per heavy atom. The second-order valence-electron chi connectivity index (χ2n) is 6.39. The van der Waals surface area contributed by atoms with E-state index in [9.17, 15) is 9.59 Å². The molecule has 124 valence electrons. The molecule has 24 heavy (non-hydrogen) atoms. The Kier molecular flexibility index (Phi) is 3.84. The van der Waals surface area contributed by atoms with Crippen molar-refractivity contribution in [2.45, 2.75) is 31.3 Å². The lowest BCUT2D eigenvalue weighted by Crippen LogP contribution is -2.43. The van der Waals surface area contributed by atoms with E-state index in [2.05, 4.69) is 4.98 Å². The minimum Gasteiger partial charge on any atom is -0.486 e. The van der Waals surface area contributed by atoms with Gasteiger partial charge in [-0.05, 0) is 25.0 Å². The highest BCUT2D eigenvalue weighted by Gasteiger charge is 2.42. The van der Waals surface area contributed by atoms with Crippen LogP contribution in [0.25, 0.3) is 0 Å². The normalized spacial score (nSPS) is 23.5. The first-order valence-electron chi connectivity index (χ1n) is 8.16. The van der Waals surface area contributed by atoms with Crippen molar-refractivity contribution in [1.29, 1.82) is 0 Å². The Labute approximate surface area is 144 Å². The van der Waals surface area contributed by atoms with E-state index >= 15 is 0 Å². The van der Waals surface area contributed by atoms with Crippen LogP contribution in [0, 0.1) is 0 Å². The number of carbonyl (C=O) groups is 2. The summed E-state index contributed by atoms with van der Waals surface area (Å²) < 4.78 is 6.26. The summed E-state index contributed by atoms with van der Waals surface area (Å²) in [4.78, 5) is 31.5. The van der Waals surface area contributed by atoms with Crippen molar-refractivity contribution < 1.29 is 14.3 Å². The number of hydrogen-bond donors (Lipinski definition) is 0. The molecule has 0 N–H and O–H groups in total. The van der Waals surface area contributed by atoms with Gasteiger partial charge in [0.2, 0.25) is 0 Å². The fourth-order valence-electron chi connectivity index (χ4n) is 3.57. The van der Waals surface area contributed by atoms with Gasteiger partial charge in [-0.15, -0.1) is 11.3 Å². The molecule has 1 fully saturated rings. The predicted molar refractivity (Wildman–Crippen MR) is 90.6 cm³/mol. The molecule has 0 bridgehead atoms. The number of nitrogens with zero attached hydrogens (tertiary/aromatic N) is 2. The Morgan fingerprint density at radius 1 is 1.25 bits per heavy atom. The van der Waals surface area contributed by atoms with Crippen molar-refractivity contribution >= 4 is 23.0 Å². The maximum atomic E-state index is 12.5. The maximum absolute atomic E-state index is 12.5. The van der Waals surface area contributed by atoms with Crippen LogP contribution < -0.4 is 4.74 Å². The molecule has 1 spiro atoms. The van der Waals surface area contributed by atoms with Crippen LogP contribution >= 0.6 is 11.3 Å². The fourth-order valence-corrected chi connectivity index (χ4v) is 4.16. The average molecular weight is 342 g/mol. The Bertz CT molecular complexity index is 774. The predicted octanol–water partition coefficient (Wildman–Crippen LogP) is 3.17. The number of rotatable bonds is 1. The van der Waals surface area contributed by atoms with Gasteiger partial charge in [-0.2, -0.15) is 0 Å². The van der Waals surface area contributed by atoms with Gasteiger partial charge >= 0.3 is 0 Å².